The van der Waals surface area contributed by atoms with Gasteiger partial charge in [-0.05, 0) is 50.4 Å². The summed E-state index contributed by atoms with van der Waals surface area (Å²) in [6, 6.07) is 0. The normalized spacial score (nSPS) is 36.6. The Kier molecular flexibility index (Phi) is 6.93. The summed E-state index contributed by atoms with van der Waals surface area (Å²) in [5.41, 5.74) is 0. The molecule has 1 aliphatic heterocycles. The zero-order valence-electron chi connectivity index (χ0n) is 13.5. The molecule has 0 radical (unpaired) electrons. The van der Waals surface area contributed by atoms with Gasteiger partial charge in [-0.25, -0.2) is 0 Å². The van der Waals surface area contributed by atoms with E-state index in [-0.39, 0.29) is 12.5 Å². The van der Waals surface area contributed by atoms with Gasteiger partial charge < -0.3 is 19.7 Å². The largest absolute Gasteiger partial charge is 0.396 e. The maximum Gasteiger partial charge on any atom is 0.157 e. The summed E-state index contributed by atoms with van der Waals surface area (Å²) in [7, 11) is 0. The van der Waals surface area contributed by atoms with Gasteiger partial charge in [-0.1, -0.05) is 19.8 Å². The van der Waals surface area contributed by atoms with E-state index in [1.165, 1.54) is 25.7 Å². The molecule has 0 bridgehead atoms. The average Bonchev–Trinajstić information content (AvgIpc) is 2.68. The lowest BCUT2D eigenvalue weighted by Crippen LogP contribution is -2.39. The molecule has 0 amide bonds. The first-order valence-corrected chi connectivity index (χ1v) is 8.65. The first kappa shape index (κ1) is 17.2. The number of hydrogen-bond donors (Lipinski definition) is 2. The van der Waals surface area contributed by atoms with Crippen molar-refractivity contribution in [1.82, 2.24) is 0 Å². The molecule has 2 aliphatic rings. The Morgan fingerprint density at radius 2 is 2.05 bits per heavy atom. The lowest BCUT2D eigenvalue weighted by Gasteiger charge is -2.41. The van der Waals surface area contributed by atoms with Crippen LogP contribution in [0.15, 0.2) is 0 Å². The molecular formula is C17H32O4. The van der Waals surface area contributed by atoms with Crippen molar-refractivity contribution in [2.24, 2.45) is 23.7 Å². The van der Waals surface area contributed by atoms with Crippen LogP contribution in [-0.4, -0.2) is 42.4 Å². The van der Waals surface area contributed by atoms with Crippen LogP contribution < -0.4 is 0 Å². The molecule has 2 rings (SSSR count). The highest BCUT2D eigenvalue weighted by molar-refractivity contribution is 4.87. The Morgan fingerprint density at radius 3 is 2.81 bits per heavy atom. The Morgan fingerprint density at radius 1 is 1.24 bits per heavy atom. The highest BCUT2D eigenvalue weighted by atomic mass is 16.6. The lowest BCUT2D eigenvalue weighted by molar-refractivity contribution is -0.156. The third-order valence-corrected chi connectivity index (χ3v) is 5.50. The quantitative estimate of drug-likeness (QED) is 0.585. The van der Waals surface area contributed by atoms with Gasteiger partial charge in [0.2, 0.25) is 0 Å². The van der Waals surface area contributed by atoms with Crippen LogP contribution in [0, 0.1) is 23.7 Å². The summed E-state index contributed by atoms with van der Waals surface area (Å²) in [6.07, 6.45) is 6.40. The second kappa shape index (κ2) is 8.47. The summed E-state index contributed by atoms with van der Waals surface area (Å²) in [5.74, 6) is 1.93. The van der Waals surface area contributed by atoms with Crippen LogP contribution >= 0.6 is 0 Å². The average molecular weight is 300 g/mol. The maximum absolute atomic E-state index is 10.3. The molecule has 1 heterocycles. The Balaban J connectivity index is 1.93. The number of ether oxygens (including phenoxy) is 2. The van der Waals surface area contributed by atoms with E-state index in [1.54, 1.807) is 0 Å². The first-order valence-electron chi connectivity index (χ1n) is 8.65. The fourth-order valence-electron chi connectivity index (χ4n) is 4.10. The van der Waals surface area contributed by atoms with E-state index in [0.717, 1.165) is 18.9 Å². The highest BCUT2D eigenvalue weighted by Gasteiger charge is 2.40. The first-order chi connectivity index (χ1) is 10.1. The van der Waals surface area contributed by atoms with Crippen molar-refractivity contribution in [1.29, 1.82) is 0 Å². The van der Waals surface area contributed by atoms with E-state index >= 15 is 0 Å². The standard InChI is InChI=1S/C17H32O4/c1-12-7-8-14-5-3-6-15(16(14)11-21-12)13(2)17(19)20-10-4-9-18/h12-19H,3-11H2,1-2H3. The molecule has 124 valence electrons. The van der Waals surface area contributed by atoms with E-state index < -0.39 is 6.29 Å². The van der Waals surface area contributed by atoms with Crippen LogP contribution in [0.3, 0.4) is 0 Å². The second-order valence-corrected chi connectivity index (χ2v) is 6.94. The molecule has 6 unspecified atom stereocenters. The van der Waals surface area contributed by atoms with E-state index in [9.17, 15) is 5.11 Å². The maximum atomic E-state index is 10.3. The van der Waals surface area contributed by atoms with Gasteiger partial charge in [0.05, 0.1) is 19.3 Å². The molecule has 6 atom stereocenters. The summed E-state index contributed by atoms with van der Waals surface area (Å²) in [6.45, 7) is 5.65. The Labute approximate surface area is 128 Å². The zero-order valence-corrected chi connectivity index (χ0v) is 13.5. The molecule has 1 saturated heterocycles. The SMILES string of the molecule is CC1CCC2CCCC(C(C)C(O)OCCCO)C2CO1. The third kappa shape index (κ3) is 4.65. The van der Waals surface area contributed by atoms with Crippen molar-refractivity contribution in [2.45, 2.75) is 64.8 Å². The zero-order chi connectivity index (χ0) is 15.2. The van der Waals surface area contributed by atoms with Crippen molar-refractivity contribution < 1.29 is 19.7 Å². The molecular weight excluding hydrogens is 268 g/mol. The Hall–Kier alpha value is -0.160. The van der Waals surface area contributed by atoms with Gasteiger partial charge in [0.25, 0.3) is 0 Å². The molecule has 1 saturated carbocycles. The predicted molar refractivity (Wildman–Crippen MR) is 81.8 cm³/mol. The number of hydrogen-bond acceptors (Lipinski definition) is 4. The smallest absolute Gasteiger partial charge is 0.157 e. The minimum atomic E-state index is -0.721. The fraction of sp³-hybridized carbons (Fsp3) is 1.00. The molecule has 4 nitrogen and oxygen atoms in total. The van der Waals surface area contributed by atoms with Crippen LogP contribution in [0.4, 0.5) is 0 Å². The van der Waals surface area contributed by atoms with Crippen LogP contribution in [-0.2, 0) is 9.47 Å². The lowest BCUT2D eigenvalue weighted by atomic mass is 9.66. The van der Waals surface area contributed by atoms with Crippen LogP contribution in [0.1, 0.15) is 52.4 Å². The molecule has 0 aromatic carbocycles. The monoisotopic (exact) mass is 300 g/mol. The van der Waals surface area contributed by atoms with Crippen LogP contribution in [0.5, 0.6) is 0 Å². The molecule has 0 aromatic heterocycles. The van der Waals surface area contributed by atoms with Gasteiger partial charge in [0.15, 0.2) is 6.29 Å². The Bertz CT molecular complexity index is 297. The van der Waals surface area contributed by atoms with E-state index in [0.29, 0.717) is 31.0 Å². The summed E-state index contributed by atoms with van der Waals surface area (Å²) >= 11 is 0. The topological polar surface area (TPSA) is 58.9 Å². The summed E-state index contributed by atoms with van der Waals surface area (Å²) in [4.78, 5) is 0. The van der Waals surface area contributed by atoms with E-state index in [4.69, 9.17) is 14.6 Å². The van der Waals surface area contributed by atoms with Crippen LogP contribution in [0.25, 0.3) is 0 Å². The van der Waals surface area contributed by atoms with Gasteiger partial charge in [0.1, 0.15) is 0 Å². The minimum Gasteiger partial charge on any atom is -0.396 e. The highest BCUT2D eigenvalue weighted by Crippen LogP contribution is 2.44. The molecule has 2 fully saturated rings. The van der Waals surface area contributed by atoms with E-state index in [1.807, 2.05) is 0 Å². The van der Waals surface area contributed by atoms with Gasteiger partial charge in [0, 0.05) is 12.5 Å². The summed E-state index contributed by atoms with van der Waals surface area (Å²) in [5, 5.41) is 19.1. The van der Waals surface area contributed by atoms with Gasteiger partial charge >= 0.3 is 0 Å². The molecule has 0 aromatic rings. The van der Waals surface area contributed by atoms with Gasteiger partial charge in [-0.2, -0.15) is 0 Å². The third-order valence-electron chi connectivity index (χ3n) is 5.50. The number of aliphatic hydroxyl groups is 2. The van der Waals surface area contributed by atoms with Gasteiger partial charge in [-0.3, -0.25) is 0 Å². The number of aliphatic hydroxyl groups excluding tert-OH is 2. The second-order valence-electron chi connectivity index (χ2n) is 6.94. The minimum absolute atomic E-state index is 0.112. The van der Waals surface area contributed by atoms with E-state index in [2.05, 4.69) is 13.8 Å². The number of rotatable bonds is 6. The van der Waals surface area contributed by atoms with Crippen molar-refractivity contribution in [2.75, 3.05) is 19.8 Å². The van der Waals surface area contributed by atoms with Crippen molar-refractivity contribution in [3.8, 4) is 0 Å². The van der Waals surface area contributed by atoms with Crippen molar-refractivity contribution in [3.63, 3.8) is 0 Å². The van der Waals surface area contributed by atoms with Crippen molar-refractivity contribution >= 4 is 0 Å². The molecule has 2 N–H and O–H groups in total. The predicted octanol–water partition coefficient (Wildman–Crippen LogP) is 2.57. The number of fused-ring (bicyclic) bond motifs is 1. The molecule has 1 aliphatic carbocycles. The van der Waals surface area contributed by atoms with Gasteiger partial charge in [-0.15, -0.1) is 0 Å². The van der Waals surface area contributed by atoms with Crippen molar-refractivity contribution in [3.05, 3.63) is 0 Å². The fourth-order valence-corrected chi connectivity index (χ4v) is 4.10. The van der Waals surface area contributed by atoms with Crippen LogP contribution in [0.2, 0.25) is 0 Å². The molecule has 21 heavy (non-hydrogen) atoms. The molecule has 4 heteroatoms. The summed E-state index contributed by atoms with van der Waals surface area (Å²) < 4.78 is 11.5. The molecule has 0 spiro atoms.